The van der Waals surface area contributed by atoms with Crippen molar-refractivity contribution in [2.45, 2.75) is 45.2 Å². The number of benzene rings is 1. The second-order valence-electron chi connectivity index (χ2n) is 5.68. The lowest BCUT2D eigenvalue weighted by Gasteiger charge is -2.36. The zero-order valence-corrected chi connectivity index (χ0v) is 11.8. The maximum absolute atomic E-state index is 6.27. The summed E-state index contributed by atoms with van der Waals surface area (Å²) in [5.74, 6) is 0. The van der Waals surface area contributed by atoms with E-state index >= 15 is 0 Å². The normalized spacial score (nSPS) is 14.1. The lowest BCUT2D eigenvalue weighted by molar-refractivity contribution is 0.205. The first kappa shape index (κ1) is 14.2. The topological polar surface area (TPSA) is 29.3 Å². The SMILES string of the molecule is CCCc1ccc(C(N(C)C)C(C)(C)N)cc1. The van der Waals surface area contributed by atoms with Crippen LogP contribution in [0.15, 0.2) is 24.3 Å². The molecule has 0 bridgehead atoms. The fourth-order valence-corrected chi connectivity index (χ4v) is 2.55. The molecular weight excluding hydrogens is 208 g/mol. The minimum Gasteiger partial charge on any atom is -0.324 e. The molecule has 0 aliphatic heterocycles. The molecule has 2 nitrogen and oxygen atoms in total. The molecule has 96 valence electrons. The third-order valence-electron chi connectivity index (χ3n) is 3.06. The van der Waals surface area contributed by atoms with Crippen LogP contribution in [0.25, 0.3) is 0 Å². The van der Waals surface area contributed by atoms with E-state index in [1.54, 1.807) is 0 Å². The Balaban J connectivity index is 2.96. The molecule has 0 heterocycles. The summed E-state index contributed by atoms with van der Waals surface area (Å²) >= 11 is 0. The molecule has 0 aliphatic carbocycles. The van der Waals surface area contributed by atoms with E-state index in [0.717, 1.165) is 6.42 Å². The van der Waals surface area contributed by atoms with E-state index in [-0.39, 0.29) is 11.6 Å². The van der Waals surface area contributed by atoms with Gasteiger partial charge in [-0.15, -0.1) is 0 Å². The maximum atomic E-state index is 6.27. The van der Waals surface area contributed by atoms with Crippen molar-refractivity contribution in [2.75, 3.05) is 14.1 Å². The number of aryl methyl sites for hydroxylation is 1. The van der Waals surface area contributed by atoms with Gasteiger partial charge in [0.25, 0.3) is 0 Å². The van der Waals surface area contributed by atoms with Crippen LogP contribution < -0.4 is 5.73 Å². The van der Waals surface area contributed by atoms with Crippen molar-refractivity contribution in [3.05, 3.63) is 35.4 Å². The summed E-state index contributed by atoms with van der Waals surface area (Å²) in [5, 5.41) is 0. The van der Waals surface area contributed by atoms with Gasteiger partial charge < -0.3 is 10.6 Å². The first-order valence-corrected chi connectivity index (χ1v) is 6.40. The van der Waals surface area contributed by atoms with Gasteiger partial charge in [-0.25, -0.2) is 0 Å². The zero-order valence-electron chi connectivity index (χ0n) is 11.8. The van der Waals surface area contributed by atoms with Crippen LogP contribution in [0, 0.1) is 0 Å². The maximum Gasteiger partial charge on any atom is 0.0517 e. The predicted molar refractivity (Wildman–Crippen MR) is 75.1 cm³/mol. The summed E-state index contributed by atoms with van der Waals surface area (Å²) in [4.78, 5) is 2.19. The number of hydrogen-bond acceptors (Lipinski definition) is 2. The van der Waals surface area contributed by atoms with Crippen molar-refractivity contribution >= 4 is 0 Å². The lowest BCUT2D eigenvalue weighted by atomic mass is 9.88. The second kappa shape index (κ2) is 5.65. The Morgan fingerprint density at radius 2 is 1.71 bits per heavy atom. The molecule has 1 atom stereocenters. The monoisotopic (exact) mass is 234 g/mol. The molecular formula is C15H26N2. The largest absolute Gasteiger partial charge is 0.324 e. The van der Waals surface area contributed by atoms with E-state index in [1.807, 2.05) is 0 Å². The zero-order chi connectivity index (χ0) is 13.1. The van der Waals surface area contributed by atoms with E-state index in [2.05, 4.69) is 64.0 Å². The summed E-state index contributed by atoms with van der Waals surface area (Å²) in [5.41, 5.74) is 8.73. The van der Waals surface area contributed by atoms with Crippen LogP contribution in [0.5, 0.6) is 0 Å². The molecule has 1 aromatic carbocycles. The highest BCUT2D eigenvalue weighted by Gasteiger charge is 2.28. The van der Waals surface area contributed by atoms with Crippen molar-refractivity contribution in [2.24, 2.45) is 5.73 Å². The van der Waals surface area contributed by atoms with Gasteiger partial charge in [-0.2, -0.15) is 0 Å². The highest BCUT2D eigenvalue weighted by molar-refractivity contribution is 5.27. The van der Waals surface area contributed by atoms with Crippen LogP contribution in [-0.2, 0) is 6.42 Å². The average molecular weight is 234 g/mol. The first-order chi connectivity index (χ1) is 7.86. The average Bonchev–Trinajstić information content (AvgIpc) is 2.18. The standard InChI is InChI=1S/C15H26N2/c1-6-7-12-8-10-13(11-9-12)14(17(4)5)15(2,3)16/h8-11,14H,6-7,16H2,1-5H3. The molecule has 0 amide bonds. The van der Waals surface area contributed by atoms with Crippen molar-refractivity contribution < 1.29 is 0 Å². The third-order valence-corrected chi connectivity index (χ3v) is 3.06. The molecule has 0 spiro atoms. The fourth-order valence-electron chi connectivity index (χ4n) is 2.55. The Hall–Kier alpha value is -0.860. The van der Waals surface area contributed by atoms with E-state index in [1.165, 1.54) is 17.5 Å². The van der Waals surface area contributed by atoms with E-state index in [4.69, 9.17) is 5.73 Å². The Kier molecular flexibility index (Phi) is 4.72. The Labute approximate surface area is 106 Å². The van der Waals surface area contributed by atoms with Crippen LogP contribution in [-0.4, -0.2) is 24.5 Å². The second-order valence-corrected chi connectivity index (χ2v) is 5.68. The molecule has 0 saturated heterocycles. The fraction of sp³-hybridized carbons (Fsp3) is 0.600. The van der Waals surface area contributed by atoms with Crippen molar-refractivity contribution in [3.63, 3.8) is 0 Å². The number of nitrogens with zero attached hydrogens (tertiary/aromatic N) is 1. The summed E-state index contributed by atoms with van der Waals surface area (Å²) < 4.78 is 0. The van der Waals surface area contributed by atoms with Crippen LogP contribution >= 0.6 is 0 Å². The lowest BCUT2D eigenvalue weighted by Crippen LogP contribution is -2.45. The van der Waals surface area contributed by atoms with Gasteiger partial charge in [0.2, 0.25) is 0 Å². The molecule has 0 radical (unpaired) electrons. The molecule has 17 heavy (non-hydrogen) atoms. The van der Waals surface area contributed by atoms with Gasteiger partial charge in [0.1, 0.15) is 0 Å². The Morgan fingerprint density at radius 1 is 1.18 bits per heavy atom. The van der Waals surface area contributed by atoms with Gasteiger partial charge in [-0.3, -0.25) is 0 Å². The van der Waals surface area contributed by atoms with Gasteiger partial charge in [-0.1, -0.05) is 37.6 Å². The highest BCUT2D eigenvalue weighted by Crippen LogP contribution is 2.28. The van der Waals surface area contributed by atoms with Crippen LogP contribution in [0.3, 0.4) is 0 Å². The van der Waals surface area contributed by atoms with Crippen molar-refractivity contribution in [3.8, 4) is 0 Å². The Bertz CT molecular complexity index is 333. The summed E-state index contributed by atoms with van der Waals surface area (Å²) in [7, 11) is 4.17. The molecule has 0 saturated carbocycles. The number of rotatable bonds is 5. The van der Waals surface area contributed by atoms with E-state index < -0.39 is 0 Å². The minimum absolute atomic E-state index is 0.240. The van der Waals surface area contributed by atoms with Gasteiger partial charge in [0.15, 0.2) is 0 Å². The number of hydrogen-bond donors (Lipinski definition) is 1. The van der Waals surface area contributed by atoms with E-state index in [9.17, 15) is 0 Å². The summed E-state index contributed by atoms with van der Waals surface area (Å²) in [6.07, 6.45) is 2.35. The van der Waals surface area contributed by atoms with Crippen LogP contribution in [0.4, 0.5) is 0 Å². The highest BCUT2D eigenvalue weighted by atomic mass is 15.1. The summed E-state index contributed by atoms with van der Waals surface area (Å²) in [6.45, 7) is 6.37. The molecule has 2 N–H and O–H groups in total. The van der Waals surface area contributed by atoms with Crippen LogP contribution in [0.1, 0.15) is 44.4 Å². The van der Waals surface area contributed by atoms with Crippen molar-refractivity contribution in [1.82, 2.24) is 4.90 Å². The van der Waals surface area contributed by atoms with Gasteiger partial charge in [0, 0.05) is 5.54 Å². The van der Waals surface area contributed by atoms with Gasteiger partial charge in [-0.05, 0) is 45.5 Å². The predicted octanol–water partition coefficient (Wildman–Crippen LogP) is 2.98. The molecule has 2 heteroatoms. The molecule has 1 rings (SSSR count). The van der Waals surface area contributed by atoms with Gasteiger partial charge >= 0.3 is 0 Å². The molecule has 1 aromatic rings. The Morgan fingerprint density at radius 3 is 2.06 bits per heavy atom. The quantitative estimate of drug-likeness (QED) is 0.848. The first-order valence-electron chi connectivity index (χ1n) is 6.40. The van der Waals surface area contributed by atoms with Crippen LogP contribution in [0.2, 0.25) is 0 Å². The number of nitrogens with two attached hydrogens (primary N) is 1. The summed E-state index contributed by atoms with van der Waals surface area (Å²) in [6, 6.07) is 9.12. The smallest absolute Gasteiger partial charge is 0.0517 e. The molecule has 0 fully saturated rings. The minimum atomic E-state index is -0.240. The number of likely N-dealkylation sites (N-methyl/N-ethyl adjacent to an activating group) is 1. The molecule has 1 unspecified atom stereocenters. The third kappa shape index (κ3) is 3.83. The van der Waals surface area contributed by atoms with Gasteiger partial charge in [0.05, 0.1) is 6.04 Å². The van der Waals surface area contributed by atoms with E-state index in [0.29, 0.717) is 0 Å². The molecule has 0 aliphatic rings. The van der Waals surface area contributed by atoms with Crippen molar-refractivity contribution in [1.29, 1.82) is 0 Å². The molecule has 0 aromatic heterocycles.